The number of aryl methyl sites for hydroxylation is 2. The van der Waals surface area contributed by atoms with E-state index in [1.165, 1.54) is 6.07 Å². The molecule has 0 fully saturated rings. The quantitative estimate of drug-likeness (QED) is 0.938. The van der Waals surface area contributed by atoms with Crippen LogP contribution in [0.1, 0.15) is 28.6 Å². The number of benzene rings is 1. The third-order valence-electron chi connectivity index (χ3n) is 3.00. The van der Waals surface area contributed by atoms with Crippen LogP contribution in [0.2, 0.25) is 0 Å². The monoisotopic (exact) mass is 287 g/mol. The SMILES string of the molecule is CCOc1ccccc1NC(=O)c1c(C)cc(=O)oc1C. The maximum absolute atomic E-state index is 12.4. The molecule has 1 amide bonds. The molecule has 110 valence electrons. The molecule has 1 N–H and O–H groups in total. The van der Waals surface area contributed by atoms with E-state index in [1.54, 1.807) is 26.0 Å². The van der Waals surface area contributed by atoms with E-state index < -0.39 is 5.63 Å². The Morgan fingerprint density at radius 1 is 1.29 bits per heavy atom. The van der Waals surface area contributed by atoms with Gasteiger partial charge in [-0.15, -0.1) is 0 Å². The number of para-hydroxylation sites is 2. The lowest BCUT2D eigenvalue weighted by Gasteiger charge is -2.12. The van der Waals surface area contributed by atoms with Gasteiger partial charge in [0.25, 0.3) is 5.91 Å². The van der Waals surface area contributed by atoms with Gasteiger partial charge in [-0.05, 0) is 38.5 Å². The molecule has 5 nitrogen and oxygen atoms in total. The molecule has 0 atom stereocenters. The van der Waals surface area contributed by atoms with Gasteiger partial charge in [-0.2, -0.15) is 0 Å². The first-order chi connectivity index (χ1) is 10.0. The normalized spacial score (nSPS) is 10.2. The number of rotatable bonds is 4. The molecular formula is C16H17NO4. The number of ether oxygens (including phenoxy) is 1. The topological polar surface area (TPSA) is 68.5 Å². The van der Waals surface area contributed by atoms with Crippen LogP contribution in [0.4, 0.5) is 5.69 Å². The molecule has 0 aliphatic heterocycles. The first-order valence-corrected chi connectivity index (χ1v) is 6.67. The summed E-state index contributed by atoms with van der Waals surface area (Å²) in [4.78, 5) is 23.7. The largest absolute Gasteiger partial charge is 0.492 e. The molecule has 0 aliphatic rings. The molecule has 1 aromatic heterocycles. The first kappa shape index (κ1) is 14.8. The maximum Gasteiger partial charge on any atom is 0.336 e. The number of carbonyl (C=O) groups is 1. The number of nitrogens with one attached hydrogen (secondary N) is 1. The van der Waals surface area contributed by atoms with Crippen molar-refractivity contribution >= 4 is 11.6 Å². The average molecular weight is 287 g/mol. The standard InChI is InChI=1S/C16H17NO4/c1-4-20-13-8-6-5-7-12(13)17-16(19)15-10(2)9-14(18)21-11(15)3/h5-9H,4H2,1-3H3,(H,17,19). The van der Waals surface area contributed by atoms with Gasteiger partial charge in [0.15, 0.2) is 0 Å². The number of carbonyl (C=O) groups excluding carboxylic acids is 1. The molecule has 21 heavy (non-hydrogen) atoms. The predicted molar refractivity (Wildman–Crippen MR) is 80.0 cm³/mol. The fourth-order valence-corrected chi connectivity index (χ4v) is 2.13. The van der Waals surface area contributed by atoms with E-state index in [9.17, 15) is 9.59 Å². The summed E-state index contributed by atoms with van der Waals surface area (Å²) < 4.78 is 10.4. The minimum absolute atomic E-state index is 0.298. The minimum Gasteiger partial charge on any atom is -0.492 e. The van der Waals surface area contributed by atoms with Gasteiger partial charge < -0.3 is 14.5 Å². The summed E-state index contributed by atoms with van der Waals surface area (Å²) in [5.74, 6) is 0.563. The van der Waals surface area contributed by atoms with Crippen molar-refractivity contribution in [3.8, 4) is 5.75 Å². The third-order valence-corrected chi connectivity index (χ3v) is 3.00. The molecule has 0 aliphatic carbocycles. The van der Waals surface area contributed by atoms with Crippen molar-refractivity contribution in [2.24, 2.45) is 0 Å². The van der Waals surface area contributed by atoms with Crippen molar-refractivity contribution in [1.82, 2.24) is 0 Å². The molecular weight excluding hydrogens is 270 g/mol. The lowest BCUT2D eigenvalue weighted by Crippen LogP contribution is -2.17. The molecule has 1 heterocycles. The second kappa shape index (κ2) is 6.26. The van der Waals surface area contributed by atoms with Gasteiger partial charge in [0, 0.05) is 6.07 Å². The van der Waals surface area contributed by atoms with Crippen molar-refractivity contribution in [2.45, 2.75) is 20.8 Å². The van der Waals surface area contributed by atoms with E-state index in [0.29, 0.717) is 34.9 Å². The Labute approximate surface area is 122 Å². The molecule has 0 saturated heterocycles. The van der Waals surface area contributed by atoms with Crippen molar-refractivity contribution in [1.29, 1.82) is 0 Å². The van der Waals surface area contributed by atoms with Gasteiger partial charge >= 0.3 is 5.63 Å². The average Bonchev–Trinajstić information content (AvgIpc) is 2.40. The maximum atomic E-state index is 12.4. The number of hydrogen-bond donors (Lipinski definition) is 1. The van der Waals surface area contributed by atoms with Crippen molar-refractivity contribution in [2.75, 3.05) is 11.9 Å². The van der Waals surface area contributed by atoms with Crippen molar-refractivity contribution < 1.29 is 13.9 Å². The molecule has 5 heteroatoms. The van der Waals surface area contributed by atoms with E-state index in [2.05, 4.69) is 5.32 Å². The van der Waals surface area contributed by atoms with Crippen LogP contribution in [-0.2, 0) is 0 Å². The van der Waals surface area contributed by atoms with Gasteiger partial charge in [-0.1, -0.05) is 12.1 Å². The Morgan fingerprint density at radius 3 is 2.67 bits per heavy atom. The third kappa shape index (κ3) is 3.31. The van der Waals surface area contributed by atoms with E-state index in [-0.39, 0.29) is 5.91 Å². The summed E-state index contributed by atoms with van der Waals surface area (Å²) in [6.45, 7) is 5.68. The summed E-state index contributed by atoms with van der Waals surface area (Å²) in [5, 5.41) is 2.79. The number of amides is 1. The van der Waals surface area contributed by atoms with Gasteiger partial charge in [-0.25, -0.2) is 4.79 Å². The molecule has 1 aromatic carbocycles. The molecule has 0 bridgehead atoms. The van der Waals surface area contributed by atoms with E-state index in [4.69, 9.17) is 9.15 Å². The zero-order valence-electron chi connectivity index (χ0n) is 12.2. The Hall–Kier alpha value is -2.56. The molecule has 0 saturated carbocycles. The van der Waals surface area contributed by atoms with Gasteiger partial charge in [0.1, 0.15) is 11.5 Å². The highest BCUT2D eigenvalue weighted by Gasteiger charge is 2.16. The highest BCUT2D eigenvalue weighted by atomic mass is 16.5. The fourth-order valence-electron chi connectivity index (χ4n) is 2.13. The smallest absolute Gasteiger partial charge is 0.336 e. The summed E-state index contributed by atoms with van der Waals surface area (Å²) >= 11 is 0. The Balaban J connectivity index is 2.33. The molecule has 2 rings (SSSR count). The predicted octanol–water partition coefficient (Wildman–Crippen LogP) is 2.91. The fraction of sp³-hybridized carbons (Fsp3) is 0.250. The van der Waals surface area contributed by atoms with E-state index in [1.807, 2.05) is 19.1 Å². The van der Waals surface area contributed by atoms with Crippen LogP contribution in [-0.4, -0.2) is 12.5 Å². The summed E-state index contributed by atoms with van der Waals surface area (Å²) in [5.41, 5.74) is 1.06. The van der Waals surface area contributed by atoms with Crippen LogP contribution in [0.15, 0.2) is 39.5 Å². The Kier molecular flexibility index (Phi) is 4.42. The van der Waals surface area contributed by atoms with Crippen LogP contribution >= 0.6 is 0 Å². The van der Waals surface area contributed by atoms with Crippen LogP contribution in [0.25, 0.3) is 0 Å². The summed E-state index contributed by atoms with van der Waals surface area (Å²) in [6.07, 6.45) is 0. The van der Waals surface area contributed by atoms with Crippen LogP contribution < -0.4 is 15.7 Å². The zero-order valence-corrected chi connectivity index (χ0v) is 12.2. The molecule has 0 spiro atoms. The van der Waals surface area contributed by atoms with Gasteiger partial charge in [0.2, 0.25) is 0 Å². The van der Waals surface area contributed by atoms with Gasteiger partial charge in [0.05, 0.1) is 17.9 Å². The summed E-state index contributed by atoms with van der Waals surface area (Å²) in [6, 6.07) is 8.48. The lowest BCUT2D eigenvalue weighted by molar-refractivity contribution is 0.102. The van der Waals surface area contributed by atoms with E-state index >= 15 is 0 Å². The lowest BCUT2D eigenvalue weighted by atomic mass is 10.1. The highest BCUT2D eigenvalue weighted by molar-refractivity contribution is 6.06. The number of hydrogen-bond acceptors (Lipinski definition) is 4. The first-order valence-electron chi connectivity index (χ1n) is 6.67. The molecule has 0 radical (unpaired) electrons. The highest BCUT2D eigenvalue weighted by Crippen LogP contribution is 2.25. The molecule has 2 aromatic rings. The van der Waals surface area contributed by atoms with Crippen LogP contribution in [0.3, 0.4) is 0 Å². The zero-order chi connectivity index (χ0) is 15.4. The van der Waals surface area contributed by atoms with Crippen LogP contribution in [0.5, 0.6) is 5.75 Å². The van der Waals surface area contributed by atoms with Crippen molar-refractivity contribution in [3.63, 3.8) is 0 Å². The van der Waals surface area contributed by atoms with Gasteiger partial charge in [-0.3, -0.25) is 4.79 Å². The second-order valence-electron chi connectivity index (χ2n) is 4.56. The summed E-state index contributed by atoms with van der Waals surface area (Å²) in [7, 11) is 0. The Bertz CT molecular complexity index is 692. The van der Waals surface area contributed by atoms with Crippen molar-refractivity contribution in [3.05, 3.63) is 57.6 Å². The Morgan fingerprint density at radius 2 is 2.00 bits per heavy atom. The molecule has 0 unspecified atom stereocenters. The van der Waals surface area contributed by atoms with E-state index in [0.717, 1.165) is 0 Å². The van der Waals surface area contributed by atoms with Crippen LogP contribution in [0, 0.1) is 13.8 Å². The minimum atomic E-state index is -0.462. The second-order valence-corrected chi connectivity index (χ2v) is 4.56. The number of anilines is 1.